The van der Waals surface area contributed by atoms with Gasteiger partial charge in [-0.15, -0.1) is 11.3 Å². The van der Waals surface area contributed by atoms with Crippen LogP contribution < -0.4 is 10.9 Å². The van der Waals surface area contributed by atoms with Crippen molar-refractivity contribution >= 4 is 45.9 Å². The second-order valence-corrected chi connectivity index (χ2v) is 9.87. The molecule has 1 amide bonds. The highest BCUT2D eigenvalue weighted by Gasteiger charge is 2.25. The summed E-state index contributed by atoms with van der Waals surface area (Å²) in [6, 6.07) is 8.62. The molecule has 34 heavy (non-hydrogen) atoms. The lowest BCUT2D eigenvalue weighted by Crippen LogP contribution is -2.14. The number of amides is 1. The number of hydrogen-bond acceptors (Lipinski definition) is 8. The minimum absolute atomic E-state index is 0.176. The van der Waals surface area contributed by atoms with Crippen LogP contribution in [0.3, 0.4) is 0 Å². The number of furan rings is 1. The number of fused-ring (bicyclic) bond motifs is 1. The number of nitrogens with one attached hydrogen (secondary N) is 2. The number of H-pyrrole nitrogens is 1. The molecule has 0 atom stereocenters. The Morgan fingerprint density at radius 2 is 2.18 bits per heavy atom. The minimum atomic E-state index is -0.206. The first-order valence-corrected chi connectivity index (χ1v) is 12.4. The van der Waals surface area contributed by atoms with Crippen molar-refractivity contribution in [2.75, 3.05) is 5.32 Å². The van der Waals surface area contributed by atoms with Gasteiger partial charge in [0.25, 0.3) is 11.5 Å². The molecular weight excluding hydrogens is 470 g/mol. The number of rotatable bonds is 6. The Morgan fingerprint density at radius 3 is 3.00 bits per heavy atom. The minimum Gasteiger partial charge on any atom is -0.448 e. The Hall–Kier alpha value is -3.50. The third-order valence-electron chi connectivity index (χ3n) is 5.26. The van der Waals surface area contributed by atoms with Crippen LogP contribution >= 0.6 is 23.1 Å². The van der Waals surface area contributed by atoms with Gasteiger partial charge in [0.15, 0.2) is 10.2 Å². The van der Waals surface area contributed by atoms with Gasteiger partial charge >= 0.3 is 0 Å². The van der Waals surface area contributed by atoms with E-state index in [0.717, 1.165) is 31.2 Å². The maximum atomic E-state index is 13.2. The van der Waals surface area contributed by atoms with Crippen molar-refractivity contribution in [2.45, 2.75) is 42.9 Å². The molecule has 5 rings (SSSR count). The fraction of sp³-hybridized carbons (Fsp3) is 0.208. The molecule has 8 nitrogen and oxygen atoms in total. The van der Waals surface area contributed by atoms with E-state index < -0.39 is 0 Å². The molecule has 0 aliphatic heterocycles. The number of nitrogens with zero attached hydrogens (tertiary/aromatic N) is 3. The van der Waals surface area contributed by atoms with Gasteiger partial charge in [-0.1, -0.05) is 0 Å². The summed E-state index contributed by atoms with van der Waals surface area (Å²) < 4.78 is 5.83. The molecule has 1 aliphatic rings. The summed E-state index contributed by atoms with van der Waals surface area (Å²) >= 11 is 2.79. The monoisotopic (exact) mass is 491 g/mol. The molecule has 1 aliphatic carbocycles. The third kappa shape index (κ3) is 5.02. The van der Waals surface area contributed by atoms with E-state index in [2.05, 4.69) is 25.3 Å². The van der Waals surface area contributed by atoms with E-state index in [4.69, 9.17) is 4.42 Å². The zero-order chi connectivity index (χ0) is 23.5. The molecule has 0 saturated carbocycles. The topological polar surface area (TPSA) is 113 Å². The number of aliphatic imine (C=N–C) groups is 1. The van der Waals surface area contributed by atoms with Crippen molar-refractivity contribution in [2.24, 2.45) is 4.99 Å². The van der Waals surface area contributed by atoms with E-state index in [0.29, 0.717) is 38.0 Å². The number of aromatic amines is 1. The van der Waals surface area contributed by atoms with Crippen molar-refractivity contribution in [3.8, 4) is 0 Å². The molecular formula is C24H21N5O3S2. The number of carbonyl (C=O) groups is 1. The van der Waals surface area contributed by atoms with Crippen molar-refractivity contribution in [1.82, 2.24) is 15.0 Å². The average molecular weight is 492 g/mol. The van der Waals surface area contributed by atoms with E-state index in [-0.39, 0.29) is 11.5 Å². The Morgan fingerprint density at radius 1 is 1.29 bits per heavy atom. The molecule has 0 aromatic carbocycles. The lowest BCUT2D eigenvalue weighted by molar-refractivity contribution is 0.102. The average Bonchev–Trinajstić information content (AvgIpc) is 3.41. The number of aryl methyl sites for hydroxylation is 2. The summed E-state index contributed by atoms with van der Waals surface area (Å²) in [4.78, 5) is 41.7. The van der Waals surface area contributed by atoms with E-state index in [1.54, 1.807) is 55.1 Å². The highest BCUT2D eigenvalue weighted by atomic mass is 32.2. The van der Waals surface area contributed by atoms with Crippen LogP contribution in [0.1, 0.15) is 45.1 Å². The maximum Gasteiger partial charge on any atom is 0.259 e. The first kappa shape index (κ1) is 22.3. The van der Waals surface area contributed by atoms with Crippen LogP contribution in [0.5, 0.6) is 0 Å². The van der Waals surface area contributed by atoms with Crippen LogP contribution in [-0.2, 0) is 12.8 Å². The number of anilines is 1. The van der Waals surface area contributed by atoms with Crippen LogP contribution in [0.4, 0.5) is 10.7 Å². The normalized spacial score (nSPS) is 13.2. The Labute approximate surface area is 203 Å². The van der Waals surface area contributed by atoms with E-state index in [9.17, 15) is 9.59 Å². The number of hydrogen-bond donors (Lipinski definition) is 2. The SMILES string of the molecule is Cc1cc(=O)[nH]c(Sc2ccc(C=Nc3sc4c(c3C(=O)Nc3cccnc3)CCCC4)o2)n1. The van der Waals surface area contributed by atoms with Gasteiger partial charge in [-0.25, -0.2) is 9.98 Å². The van der Waals surface area contributed by atoms with Crippen LogP contribution in [0.2, 0.25) is 0 Å². The fourth-order valence-electron chi connectivity index (χ4n) is 3.78. The summed E-state index contributed by atoms with van der Waals surface area (Å²) in [5.74, 6) is 0.368. The van der Waals surface area contributed by atoms with E-state index in [1.807, 2.05) is 6.07 Å². The van der Waals surface area contributed by atoms with Gasteiger partial charge in [-0.3, -0.25) is 14.6 Å². The van der Waals surface area contributed by atoms with Gasteiger partial charge in [-0.2, -0.15) is 0 Å². The number of thiophene rings is 1. The van der Waals surface area contributed by atoms with E-state index >= 15 is 0 Å². The summed E-state index contributed by atoms with van der Waals surface area (Å²) in [6.45, 7) is 1.77. The van der Waals surface area contributed by atoms with Crippen molar-refractivity contribution < 1.29 is 9.21 Å². The predicted octanol–water partition coefficient (Wildman–Crippen LogP) is 5.16. The van der Waals surface area contributed by atoms with Crippen molar-refractivity contribution in [1.29, 1.82) is 0 Å². The molecule has 10 heteroatoms. The molecule has 4 aromatic heterocycles. The zero-order valence-corrected chi connectivity index (χ0v) is 20.0. The fourth-order valence-corrected chi connectivity index (χ4v) is 5.82. The smallest absolute Gasteiger partial charge is 0.259 e. The highest BCUT2D eigenvalue weighted by Crippen LogP contribution is 2.40. The second kappa shape index (κ2) is 9.78. The first-order valence-electron chi connectivity index (χ1n) is 10.8. The van der Waals surface area contributed by atoms with Gasteiger partial charge in [0.2, 0.25) is 0 Å². The molecule has 172 valence electrons. The zero-order valence-electron chi connectivity index (χ0n) is 18.3. The van der Waals surface area contributed by atoms with Gasteiger partial charge in [0, 0.05) is 22.8 Å². The van der Waals surface area contributed by atoms with E-state index in [1.165, 1.54) is 22.7 Å². The van der Waals surface area contributed by atoms with Crippen molar-refractivity contribution in [3.63, 3.8) is 0 Å². The number of carbonyl (C=O) groups excluding carboxylic acids is 1. The largest absolute Gasteiger partial charge is 0.448 e. The lowest BCUT2D eigenvalue weighted by atomic mass is 9.95. The molecule has 4 aromatic rings. The molecule has 0 bridgehead atoms. The van der Waals surface area contributed by atoms with Crippen LogP contribution in [0, 0.1) is 6.92 Å². The van der Waals surface area contributed by atoms with Gasteiger partial charge in [-0.05, 0) is 74.2 Å². The van der Waals surface area contributed by atoms with Crippen LogP contribution in [-0.4, -0.2) is 27.1 Å². The Balaban J connectivity index is 1.39. The Bertz CT molecular complexity index is 1420. The molecule has 0 unspecified atom stereocenters. The first-order chi connectivity index (χ1) is 16.5. The van der Waals surface area contributed by atoms with Crippen LogP contribution in [0.15, 0.2) is 67.2 Å². The van der Waals surface area contributed by atoms with Crippen molar-refractivity contribution in [3.05, 3.63) is 80.5 Å². The highest BCUT2D eigenvalue weighted by molar-refractivity contribution is 7.99. The van der Waals surface area contributed by atoms with Gasteiger partial charge < -0.3 is 14.7 Å². The molecule has 4 heterocycles. The molecule has 0 spiro atoms. The number of pyridine rings is 1. The summed E-state index contributed by atoms with van der Waals surface area (Å²) in [6.07, 6.45) is 8.93. The summed E-state index contributed by atoms with van der Waals surface area (Å²) in [5, 5.41) is 4.65. The quantitative estimate of drug-likeness (QED) is 0.284. The van der Waals surface area contributed by atoms with Crippen LogP contribution in [0.25, 0.3) is 0 Å². The van der Waals surface area contributed by atoms with Gasteiger partial charge in [0.1, 0.15) is 10.8 Å². The molecule has 0 saturated heterocycles. The predicted molar refractivity (Wildman–Crippen MR) is 133 cm³/mol. The molecule has 0 radical (unpaired) electrons. The standard InChI is InChI=1S/C24H21N5O3S2/c1-14-11-19(30)29-24(27-14)34-20-9-8-16(32-20)13-26-23-21(17-6-2-3-7-18(17)33-23)22(31)28-15-5-4-10-25-12-15/h4-5,8-13H,2-3,6-7H2,1H3,(H,28,31)(H,27,29,30). The molecule has 0 fully saturated rings. The maximum absolute atomic E-state index is 13.2. The Kier molecular flexibility index (Phi) is 6.41. The number of aromatic nitrogens is 3. The molecule has 2 N–H and O–H groups in total. The summed E-state index contributed by atoms with van der Waals surface area (Å²) in [5.41, 5.74) is 2.80. The second-order valence-electron chi connectivity index (χ2n) is 7.80. The third-order valence-corrected chi connectivity index (χ3v) is 7.26. The lowest BCUT2D eigenvalue weighted by Gasteiger charge is -2.12. The van der Waals surface area contributed by atoms with Gasteiger partial charge in [0.05, 0.1) is 23.7 Å². The summed E-state index contributed by atoms with van der Waals surface area (Å²) in [7, 11) is 0.